The summed E-state index contributed by atoms with van der Waals surface area (Å²) in [4.78, 5) is 20.9. The van der Waals surface area contributed by atoms with E-state index in [9.17, 15) is 14.9 Å². The molecule has 1 rings (SSSR count). The third-order valence-electron chi connectivity index (χ3n) is 2.46. The van der Waals surface area contributed by atoms with E-state index in [0.717, 1.165) is 11.1 Å². The summed E-state index contributed by atoms with van der Waals surface area (Å²) in [6, 6.07) is 4.76. The second-order valence-electron chi connectivity index (χ2n) is 3.97. The standard InChI is InChI=1S/C13H16N2O3/c1-10-6-7-13(15(17)18)9-12(10)5-3-4-8-14-11(2)16/h3,5-7,9H,4,8H2,1-2H3,(H,14,16). The Morgan fingerprint density at radius 1 is 1.50 bits per heavy atom. The van der Waals surface area contributed by atoms with E-state index in [1.807, 2.05) is 19.1 Å². The quantitative estimate of drug-likeness (QED) is 0.494. The molecule has 0 aromatic heterocycles. The molecule has 1 amide bonds. The molecule has 96 valence electrons. The molecule has 5 heteroatoms. The van der Waals surface area contributed by atoms with E-state index in [4.69, 9.17) is 0 Å². The maximum Gasteiger partial charge on any atom is 0.270 e. The van der Waals surface area contributed by atoms with Crippen molar-refractivity contribution >= 4 is 17.7 Å². The number of carbonyl (C=O) groups excluding carboxylic acids is 1. The minimum atomic E-state index is -0.409. The van der Waals surface area contributed by atoms with E-state index in [-0.39, 0.29) is 11.6 Å². The van der Waals surface area contributed by atoms with Crippen molar-refractivity contribution in [3.05, 3.63) is 45.5 Å². The Morgan fingerprint density at radius 3 is 2.83 bits per heavy atom. The number of nitrogens with one attached hydrogen (secondary N) is 1. The molecule has 0 fully saturated rings. The average Bonchev–Trinajstić information content (AvgIpc) is 2.30. The Kier molecular flexibility index (Phi) is 5.05. The number of hydrogen-bond acceptors (Lipinski definition) is 3. The van der Waals surface area contributed by atoms with E-state index in [1.54, 1.807) is 12.1 Å². The van der Waals surface area contributed by atoms with Gasteiger partial charge in [0.25, 0.3) is 5.69 Å². The highest BCUT2D eigenvalue weighted by Gasteiger charge is 2.06. The number of nitro benzene ring substituents is 1. The van der Waals surface area contributed by atoms with Gasteiger partial charge in [-0.05, 0) is 24.5 Å². The summed E-state index contributed by atoms with van der Waals surface area (Å²) in [5.74, 6) is -0.0603. The van der Waals surface area contributed by atoms with Crippen molar-refractivity contribution in [1.82, 2.24) is 5.32 Å². The molecule has 0 aliphatic rings. The Hall–Kier alpha value is -2.17. The van der Waals surface area contributed by atoms with E-state index in [0.29, 0.717) is 13.0 Å². The molecule has 1 N–H and O–H groups in total. The lowest BCUT2D eigenvalue weighted by molar-refractivity contribution is -0.384. The predicted molar refractivity (Wildman–Crippen MR) is 70.2 cm³/mol. The molecule has 0 unspecified atom stereocenters. The van der Waals surface area contributed by atoms with Crippen molar-refractivity contribution in [2.45, 2.75) is 20.3 Å². The van der Waals surface area contributed by atoms with Gasteiger partial charge in [-0.15, -0.1) is 0 Å². The van der Waals surface area contributed by atoms with Gasteiger partial charge in [-0.1, -0.05) is 18.2 Å². The van der Waals surface area contributed by atoms with Gasteiger partial charge in [0.05, 0.1) is 4.92 Å². The van der Waals surface area contributed by atoms with Crippen LogP contribution in [-0.2, 0) is 4.79 Å². The summed E-state index contributed by atoms with van der Waals surface area (Å²) in [5.41, 5.74) is 1.89. The summed E-state index contributed by atoms with van der Waals surface area (Å²) in [6.45, 7) is 3.94. The number of amides is 1. The van der Waals surface area contributed by atoms with Crippen LogP contribution >= 0.6 is 0 Å². The van der Waals surface area contributed by atoms with Crippen molar-refractivity contribution in [3.63, 3.8) is 0 Å². The first-order chi connectivity index (χ1) is 8.50. The number of rotatable bonds is 5. The van der Waals surface area contributed by atoms with Gasteiger partial charge in [0.15, 0.2) is 0 Å². The molecule has 0 radical (unpaired) electrons. The van der Waals surface area contributed by atoms with Crippen molar-refractivity contribution in [3.8, 4) is 0 Å². The highest BCUT2D eigenvalue weighted by atomic mass is 16.6. The van der Waals surface area contributed by atoms with Crippen LogP contribution in [0.15, 0.2) is 24.3 Å². The molecule has 0 saturated carbocycles. The van der Waals surface area contributed by atoms with Crippen molar-refractivity contribution in [2.24, 2.45) is 0 Å². The van der Waals surface area contributed by atoms with Gasteiger partial charge in [-0.25, -0.2) is 0 Å². The van der Waals surface area contributed by atoms with Crippen LogP contribution in [0, 0.1) is 17.0 Å². The molecule has 0 heterocycles. The van der Waals surface area contributed by atoms with Gasteiger partial charge in [-0.2, -0.15) is 0 Å². The Morgan fingerprint density at radius 2 is 2.22 bits per heavy atom. The molecule has 18 heavy (non-hydrogen) atoms. The third-order valence-corrected chi connectivity index (χ3v) is 2.46. The van der Waals surface area contributed by atoms with Crippen molar-refractivity contribution in [2.75, 3.05) is 6.54 Å². The van der Waals surface area contributed by atoms with Gasteiger partial charge >= 0.3 is 0 Å². The summed E-state index contributed by atoms with van der Waals surface area (Å²) >= 11 is 0. The van der Waals surface area contributed by atoms with Crippen molar-refractivity contribution in [1.29, 1.82) is 0 Å². The van der Waals surface area contributed by atoms with Gasteiger partial charge in [0.1, 0.15) is 0 Å². The fraction of sp³-hybridized carbons (Fsp3) is 0.308. The summed E-state index contributed by atoms with van der Waals surface area (Å²) in [6.07, 6.45) is 4.42. The van der Waals surface area contributed by atoms with E-state index in [1.165, 1.54) is 13.0 Å². The SMILES string of the molecule is CC(=O)NCCC=Cc1cc([N+](=O)[O-])ccc1C. The average molecular weight is 248 g/mol. The van der Waals surface area contributed by atoms with E-state index in [2.05, 4.69) is 5.32 Å². The Bertz CT molecular complexity index is 481. The lowest BCUT2D eigenvalue weighted by atomic mass is 10.1. The van der Waals surface area contributed by atoms with Gasteiger partial charge in [0.2, 0.25) is 5.91 Å². The summed E-state index contributed by atoms with van der Waals surface area (Å²) in [5, 5.41) is 13.3. The maximum absolute atomic E-state index is 10.6. The molecule has 0 atom stereocenters. The van der Waals surface area contributed by atoms with Crippen LogP contribution in [0.3, 0.4) is 0 Å². The van der Waals surface area contributed by atoms with Crippen LogP contribution in [0.1, 0.15) is 24.5 Å². The molecule has 1 aromatic rings. The lowest BCUT2D eigenvalue weighted by Crippen LogP contribution is -2.20. The second kappa shape index (κ2) is 6.54. The Balaban J connectivity index is 2.65. The molecule has 0 spiro atoms. The van der Waals surface area contributed by atoms with Crippen LogP contribution in [-0.4, -0.2) is 17.4 Å². The number of nitrogens with zero attached hydrogens (tertiary/aromatic N) is 1. The van der Waals surface area contributed by atoms with Crippen LogP contribution in [0.2, 0.25) is 0 Å². The second-order valence-corrected chi connectivity index (χ2v) is 3.97. The normalized spacial score (nSPS) is 10.6. The number of aryl methyl sites for hydroxylation is 1. The minimum Gasteiger partial charge on any atom is -0.356 e. The first-order valence-corrected chi connectivity index (χ1v) is 5.66. The van der Waals surface area contributed by atoms with Crippen molar-refractivity contribution < 1.29 is 9.72 Å². The predicted octanol–water partition coefficient (Wildman–Crippen LogP) is 2.44. The summed E-state index contributed by atoms with van der Waals surface area (Å²) in [7, 11) is 0. The number of hydrogen-bond donors (Lipinski definition) is 1. The van der Waals surface area contributed by atoms with Gasteiger partial charge in [0, 0.05) is 25.6 Å². The highest BCUT2D eigenvalue weighted by Crippen LogP contribution is 2.18. The smallest absolute Gasteiger partial charge is 0.270 e. The first-order valence-electron chi connectivity index (χ1n) is 5.66. The molecular formula is C13H16N2O3. The number of benzene rings is 1. The number of non-ortho nitro benzene ring substituents is 1. The topological polar surface area (TPSA) is 72.2 Å². The fourth-order valence-electron chi connectivity index (χ4n) is 1.46. The molecule has 0 aliphatic carbocycles. The molecule has 0 aliphatic heterocycles. The van der Waals surface area contributed by atoms with Crippen LogP contribution in [0.25, 0.3) is 6.08 Å². The number of nitro groups is 1. The summed E-state index contributed by atoms with van der Waals surface area (Å²) < 4.78 is 0. The Labute approximate surface area is 106 Å². The van der Waals surface area contributed by atoms with E-state index < -0.39 is 4.92 Å². The molecule has 0 bridgehead atoms. The van der Waals surface area contributed by atoms with Gasteiger partial charge < -0.3 is 5.32 Å². The zero-order valence-electron chi connectivity index (χ0n) is 10.5. The van der Waals surface area contributed by atoms with Crippen LogP contribution < -0.4 is 5.32 Å². The largest absolute Gasteiger partial charge is 0.356 e. The van der Waals surface area contributed by atoms with Gasteiger partial charge in [-0.3, -0.25) is 14.9 Å². The third kappa shape index (κ3) is 4.37. The zero-order chi connectivity index (χ0) is 13.5. The molecule has 0 saturated heterocycles. The molecule has 5 nitrogen and oxygen atoms in total. The van der Waals surface area contributed by atoms with Crippen LogP contribution in [0.5, 0.6) is 0 Å². The highest BCUT2D eigenvalue weighted by molar-refractivity contribution is 5.72. The fourth-order valence-corrected chi connectivity index (χ4v) is 1.46. The monoisotopic (exact) mass is 248 g/mol. The molecular weight excluding hydrogens is 232 g/mol. The lowest BCUT2D eigenvalue weighted by Gasteiger charge is -2.00. The van der Waals surface area contributed by atoms with E-state index >= 15 is 0 Å². The van der Waals surface area contributed by atoms with Crippen LogP contribution in [0.4, 0.5) is 5.69 Å². The maximum atomic E-state index is 10.6. The molecule has 1 aromatic carbocycles. The first kappa shape index (κ1) is 13.9. The number of carbonyl (C=O) groups is 1. The zero-order valence-corrected chi connectivity index (χ0v) is 10.5. The minimum absolute atomic E-state index is 0.0603.